The van der Waals surface area contributed by atoms with Crippen molar-refractivity contribution in [2.45, 2.75) is 37.6 Å². The molecule has 2 fully saturated rings. The molecule has 1 saturated carbocycles. The van der Waals surface area contributed by atoms with E-state index in [0.717, 1.165) is 24.8 Å². The zero-order valence-corrected chi connectivity index (χ0v) is 15.9. The van der Waals surface area contributed by atoms with Gasteiger partial charge in [-0.1, -0.05) is 41.9 Å². The third-order valence-corrected chi connectivity index (χ3v) is 5.72. The molecule has 1 heterocycles. The predicted octanol–water partition coefficient (Wildman–Crippen LogP) is 4.46. The van der Waals surface area contributed by atoms with Crippen LogP contribution in [0, 0.1) is 5.92 Å². The summed E-state index contributed by atoms with van der Waals surface area (Å²) in [5.41, 5.74) is 1.76. The summed E-state index contributed by atoms with van der Waals surface area (Å²) in [5.74, 6) is 0.249. The minimum absolute atomic E-state index is 0.0949. The first kappa shape index (κ1) is 18.1. The number of carbonyl (C=O) groups is 2. The summed E-state index contributed by atoms with van der Waals surface area (Å²) in [4.78, 5) is 28.0. The molecule has 1 aliphatic carbocycles. The highest BCUT2D eigenvalue weighted by Crippen LogP contribution is 2.44. The number of nitrogens with one attached hydrogen (secondary N) is 1. The molecule has 2 unspecified atom stereocenters. The maximum absolute atomic E-state index is 13.4. The first-order chi connectivity index (χ1) is 13.1. The van der Waals surface area contributed by atoms with E-state index in [-0.39, 0.29) is 17.7 Å². The molecule has 140 valence electrons. The van der Waals surface area contributed by atoms with Crippen LogP contribution in [0.5, 0.6) is 0 Å². The van der Waals surface area contributed by atoms with Crippen LogP contribution in [-0.4, -0.2) is 29.3 Å². The van der Waals surface area contributed by atoms with Crippen molar-refractivity contribution in [1.82, 2.24) is 4.90 Å². The lowest BCUT2D eigenvalue weighted by Gasteiger charge is -2.28. The number of benzene rings is 2. The molecule has 4 nitrogen and oxygen atoms in total. The van der Waals surface area contributed by atoms with Gasteiger partial charge in [0.15, 0.2) is 0 Å². The van der Waals surface area contributed by atoms with E-state index in [1.165, 1.54) is 0 Å². The molecule has 4 rings (SSSR count). The van der Waals surface area contributed by atoms with Crippen LogP contribution in [-0.2, 0) is 9.59 Å². The van der Waals surface area contributed by atoms with Gasteiger partial charge in [-0.25, -0.2) is 0 Å². The quantitative estimate of drug-likeness (QED) is 0.829. The van der Waals surface area contributed by atoms with Crippen LogP contribution in [0.25, 0.3) is 0 Å². The predicted molar refractivity (Wildman–Crippen MR) is 107 cm³/mol. The number of hydrogen-bond acceptors (Lipinski definition) is 2. The zero-order chi connectivity index (χ0) is 18.8. The first-order valence-electron chi connectivity index (χ1n) is 9.55. The van der Waals surface area contributed by atoms with E-state index in [4.69, 9.17) is 11.6 Å². The molecule has 2 aliphatic rings. The lowest BCUT2D eigenvalue weighted by atomic mass is 9.92. The van der Waals surface area contributed by atoms with Gasteiger partial charge in [-0.2, -0.15) is 0 Å². The first-order valence-corrected chi connectivity index (χ1v) is 9.93. The van der Waals surface area contributed by atoms with Crippen molar-refractivity contribution in [2.24, 2.45) is 5.92 Å². The summed E-state index contributed by atoms with van der Waals surface area (Å²) in [6.07, 6.45) is 3.73. The fourth-order valence-corrected chi connectivity index (χ4v) is 4.07. The fraction of sp³-hybridized carbons (Fsp3) is 0.364. The van der Waals surface area contributed by atoms with Crippen molar-refractivity contribution in [3.63, 3.8) is 0 Å². The number of nitrogens with zero attached hydrogens (tertiary/aromatic N) is 1. The van der Waals surface area contributed by atoms with E-state index in [2.05, 4.69) is 5.32 Å². The molecule has 0 spiro atoms. The molecular formula is C22H23ClN2O2. The minimum Gasteiger partial charge on any atom is -0.330 e. The Morgan fingerprint density at radius 3 is 2.37 bits per heavy atom. The normalized spacial score (nSPS) is 20.3. The monoisotopic (exact) mass is 382 g/mol. The number of likely N-dealkylation sites (tertiary alicyclic amines) is 1. The number of rotatable bonds is 5. The topological polar surface area (TPSA) is 49.4 Å². The Bertz CT molecular complexity index is 818. The molecule has 2 aromatic carbocycles. The van der Waals surface area contributed by atoms with E-state index >= 15 is 0 Å². The Morgan fingerprint density at radius 1 is 1.00 bits per heavy atom. The second-order valence-corrected chi connectivity index (χ2v) is 7.85. The van der Waals surface area contributed by atoms with Gasteiger partial charge in [0.2, 0.25) is 11.8 Å². The van der Waals surface area contributed by atoms with Crippen LogP contribution in [0.2, 0.25) is 5.02 Å². The molecule has 2 atom stereocenters. The molecule has 2 aromatic rings. The highest BCUT2D eigenvalue weighted by Gasteiger charge is 2.43. The number of anilines is 1. The number of halogens is 1. The van der Waals surface area contributed by atoms with Crippen LogP contribution in [0.3, 0.4) is 0 Å². The Hall–Kier alpha value is -2.33. The summed E-state index contributed by atoms with van der Waals surface area (Å²) in [5, 5.41) is 3.55. The van der Waals surface area contributed by atoms with Gasteiger partial charge >= 0.3 is 0 Å². The molecule has 5 heteroatoms. The molecule has 2 amide bonds. The van der Waals surface area contributed by atoms with Gasteiger partial charge in [0.25, 0.3) is 0 Å². The van der Waals surface area contributed by atoms with Crippen molar-refractivity contribution < 1.29 is 9.59 Å². The summed E-state index contributed by atoms with van der Waals surface area (Å²) < 4.78 is 0. The standard InChI is InChI=1S/C22H23ClN2O2/c23-17-10-12-18(13-11-17)24-21(26)19-7-4-14-25(19)22(27)20(16-8-9-16)15-5-2-1-3-6-15/h1-3,5-6,10-13,16,19-20H,4,7-9,14H2,(H,24,26). The van der Waals surface area contributed by atoms with Crippen molar-refractivity contribution in [3.8, 4) is 0 Å². The Labute approximate surface area is 164 Å². The molecule has 27 heavy (non-hydrogen) atoms. The van der Waals surface area contributed by atoms with Crippen molar-refractivity contribution in [3.05, 3.63) is 65.2 Å². The Kier molecular flexibility index (Phi) is 5.17. The van der Waals surface area contributed by atoms with E-state index in [0.29, 0.717) is 29.6 Å². The Balaban J connectivity index is 1.50. The number of carbonyl (C=O) groups excluding carboxylic acids is 2. The number of amides is 2. The highest BCUT2D eigenvalue weighted by molar-refractivity contribution is 6.30. The molecule has 1 saturated heterocycles. The smallest absolute Gasteiger partial charge is 0.247 e. The van der Waals surface area contributed by atoms with Crippen molar-refractivity contribution in [1.29, 1.82) is 0 Å². The maximum atomic E-state index is 13.4. The molecule has 1 N–H and O–H groups in total. The summed E-state index contributed by atoms with van der Waals surface area (Å²) in [6.45, 7) is 0.646. The van der Waals surface area contributed by atoms with Crippen molar-refractivity contribution >= 4 is 29.1 Å². The van der Waals surface area contributed by atoms with Crippen LogP contribution in [0.4, 0.5) is 5.69 Å². The number of hydrogen-bond donors (Lipinski definition) is 1. The Morgan fingerprint density at radius 2 is 1.70 bits per heavy atom. The third kappa shape index (κ3) is 4.01. The van der Waals surface area contributed by atoms with Gasteiger partial charge in [-0.15, -0.1) is 0 Å². The van der Waals surface area contributed by atoms with Crippen LogP contribution >= 0.6 is 11.6 Å². The average Bonchev–Trinajstić information content (AvgIpc) is 3.38. The van der Waals surface area contributed by atoms with Gasteiger partial charge < -0.3 is 10.2 Å². The molecular weight excluding hydrogens is 360 g/mol. The molecule has 0 bridgehead atoms. The third-order valence-electron chi connectivity index (χ3n) is 5.47. The van der Waals surface area contributed by atoms with Gasteiger partial charge in [0.1, 0.15) is 6.04 Å². The van der Waals surface area contributed by atoms with E-state index in [1.54, 1.807) is 29.2 Å². The minimum atomic E-state index is -0.404. The lowest BCUT2D eigenvalue weighted by molar-refractivity contribution is -0.138. The summed E-state index contributed by atoms with van der Waals surface area (Å²) in [7, 11) is 0. The SMILES string of the molecule is O=C(Nc1ccc(Cl)cc1)C1CCCN1C(=O)C(c1ccccc1)C1CC1. The summed E-state index contributed by atoms with van der Waals surface area (Å²) in [6, 6.07) is 16.6. The highest BCUT2D eigenvalue weighted by atomic mass is 35.5. The van der Waals surface area contributed by atoms with Crippen LogP contribution < -0.4 is 5.32 Å². The van der Waals surface area contributed by atoms with Gasteiger partial charge in [0, 0.05) is 17.3 Å². The van der Waals surface area contributed by atoms with Gasteiger partial charge in [-0.3, -0.25) is 9.59 Å². The van der Waals surface area contributed by atoms with E-state index in [9.17, 15) is 9.59 Å². The second-order valence-electron chi connectivity index (χ2n) is 7.41. The van der Waals surface area contributed by atoms with Crippen LogP contribution in [0.1, 0.15) is 37.2 Å². The zero-order valence-electron chi connectivity index (χ0n) is 15.1. The van der Waals surface area contributed by atoms with Crippen LogP contribution in [0.15, 0.2) is 54.6 Å². The second kappa shape index (κ2) is 7.73. The van der Waals surface area contributed by atoms with Gasteiger partial charge in [-0.05, 0) is 61.4 Å². The summed E-state index contributed by atoms with van der Waals surface area (Å²) >= 11 is 5.90. The van der Waals surface area contributed by atoms with E-state index in [1.807, 2.05) is 30.3 Å². The lowest BCUT2D eigenvalue weighted by Crippen LogP contribution is -2.45. The maximum Gasteiger partial charge on any atom is 0.247 e. The molecule has 0 radical (unpaired) electrons. The average molecular weight is 383 g/mol. The van der Waals surface area contributed by atoms with E-state index < -0.39 is 6.04 Å². The molecule has 0 aromatic heterocycles. The largest absolute Gasteiger partial charge is 0.330 e. The van der Waals surface area contributed by atoms with Gasteiger partial charge in [0.05, 0.1) is 5.92 Å². The fourth-order valence-electron chi connectivity index (χ4n) is 3.95. The molecule has 1 aliphatic heterocycles. The van der Waals surface area contributed by atoms with Crippen molar-refractivity contribution in [2.75, 3.05) is 11.9 Å².